The molecule has 0 saturated carbocycles. The third-order valence-corrected chi connectivity index (χ3v) is 1.40. The maximum Gasteiger partial charge on any atom is 0.149 e. The van der Waals surface area contributed by atoms with Crippen molar-refractivity contribution in [1.29, 1.82) is 5.41 Å². The molecular formula is C7H10N2O2. The molecule has 0 amide bonds. The number of ether oxygens (including phenoxy) is 2. The average Bonchev–Trinajstić information content (AvgIpc) is 2.04. The van der Waals surface area contributed by atoms with E-state index in [0.29, 0.717) is 5.76 Å². The fraction of sp³-hybridized carbons (Fsp3) is 0.429. The van der Waals surface area contributed by atoms with Crippen molar-refractivity contribution in [3.63, 3.8) is 0 Å². The SMILES string of the molecule is COC1=CC(=N)N=CC1OC. The number of nitrogens with zero attached hydrogens (tertiary/aromatic N) is 1. The molecule has 0 fully saturated rings. The van der Waals surface area contributed by atoms with Crippen LogP contribution < -0.4 is 0 Å². The molecule has 0 aliphatic carbocycles. The second kappa shape index (κ2) is 3.30. The van der Waals surface area contributed by atoms with E-state index in [0.717, 1.165) is 0 Å². The molecule has 0 radical (unpaired) electrons. The molecule has 1 N–H and O–H groups in total. The largest absolute Gasteiger partial charge is 0.498 e. The van der Waals surface area contributed by atoms with Crippen molar-refractivity contribution in [3.05, 3.63) is 11.8 Å². The summed E-state index contributed by atoms with van der Waals surface area (Å²) in [5.74, 6) is 0.808. The van der Waals surface area contributed by atoms with Crippen LogP contribution in [0.25, 0.3) is 0 Å². The third-order valence-electron chi connectivity index (χ3n) is 1.40. The van der Waals surface area contributed by atoms with E-state index in [4.69, 9.17) is 14.9 Å². The average molecular weight is 154 g/mol. The van der Waals surface area contributed by atoms with E-state index < -0.39 is 0 Å². The first-order valence-electron chi connectivity index (χ1n) is 3.19. The summed E-state index contributed by atoms with van der Waals surface area (Å²) in [5.41, 5.74) is 0. The molecule has 4 nitrogen and oxygen atoms in total. The lowest BCUT2D eigenvalue weighted by molar-refractivity contribution is 0.125. The highest BCUT2D eigenvalue weighted by atomic mass is 16.5. The number of dihydropyridines is 1. The molecule has 0 bridgehead atoms. The highest BCUT2D eigenvalue weighted by Gasteiger charge is 2.15. The number of aliphatic imine (C=N–C) groups is 1. The summed E-state index contributed by atoms with van der Waals surface area (Å²) in [6.45, 7) is 0. The topological polar surface area (TPSA) is 54.7 Å². The maximum absolute atomic E-state index is 7.18. The van der Waals surface area contributed by atoms with Crippen LogP contribution >= 0.6 is 0 Å². The molecule has 1 aliphatic rings. The second-order valence-corrected chi connectivity index (χ2v) is 2.07. The van der Waals surface area contributed by atoms with Gasteiger partial charge in [0.1, 0.15) is 17.7 Å². The van der Waals surface area contributed by atoms with Crippen LogP contribution in [-0.2, 0) is 9.47 Å². The van der Waals surface area contributed by atoms with Crippen molar-refractivity contribution in [2.45, 2.75) is 6.10 Å². The quantitative estimate of drug-likeness (QED) is 0.633. The predicted octanol–water partition coefficient (Wildman–Crippen LogP) is 0.593. The molecule has 1 atom stereocenters. The van der Waals surface area contributed by atoms with Gasteiger partial charge in [-0.3, -0.25) is 5.41 Å². The van der Waals surface area contributed by atoms with Crippen molar-refractivity contribution < 1.29 is 9.47 Å². The van der Waals surface area contributed by atoms with E-state index >= 15 is 0 Å². The van der Waals surface area contributed by atoms with Gasteiger partial charge in [-0.05, 0) is 0 Å². The molecule has 0 aromatic heterocycles. The number of amidine groups is 1. The molecular weight excluding hydrogens is 144 g/mol. The van der Waals surface area contributed by atoms with Crippen molar-refractivity contribution in [2.24, 2.45) is 4.99 Å². The molecule has 60 valence electrons. The first-order chi connectivity index (χ1) is 5.27. The third kappa shape index (κ3) is 1.65. The Balaban J connectivity index is 2.77. The fourth-order valence-corrected chi connectivity index (χ4v) is 0.828. The zero-order valence-corrected chi connectivity index (χ0v) is 6.50. The number of methoxy groups -OCH3 is 2. The van der Waals surface area contributed by atoms with E-state index in [1.807, 2.05) is 0 Å². The monoisotopic (exact) mass is 154 g/mol. The van der Waals surface area contributed by atoms with Crippen molar-refractivity contribution in [2.75, 3.05) is 14.2 Å². The van der Waals surface area contributed by atoms with Gasteiger partial charge in [0.15, 0.2) is 0 Å². The van der Waals surface area contributed by atoms with E-state index in [1.165, 1.54) is 6.08 Å². The minimum Gasteiger partial charge on any atom is -0.498 e. The van der Waals surface area contributed by atoms with E-state index in [2.05, 4.69) is 4.99 Å². The van der Waals surface area contributed by atoms with Crippen molar-refractivity contribution in [1.82, 2.24) is 0 Å². The van der Waals surface area contributed by atoms with Crippen LogP contribution in [0.4, 0.5) is 0 Å². The zero-order valence-electron chi connectivity index (χ0n) is 6.50. The van der Waals surface area contributed by atoms with E-state index in [9.17, 15) is 0 Å². The molecule has 0 saturated heterocycles. The lowest BCUT2D eigenvalue weighted by atomic mass is 10.2. The number of hydrogen-bond donors (Lipinski definition) is 1. The van der Waals surface area contributed by atoms with Crippen molar-refractivity contribution >= 4 is 12.1 Å². The number of rotatable bonds is 2. The van der Waals surface area contributed by atoms with Crippen LogP contribution in [0.5, 0.6) is 0 Å². The van der Waals surface area contributed by atoms with Crippen LogP contribution in [0.3, 0.4) is 0 Å². The van der Waals surface area contributed by atoms with Gasteiger partial charge in [0.05, 0.1) is 7.11 Å². The Hall–Kier alpha value is -1.16. The maximum atomic E-state index is 7.18. The number of hydrogen-bond acceptors (Lipinski definition) is 3. The van der Waals surface area contributed by atoms with Gasteiger partial charge >= 0.3 is 0 Å². The van der Waals surface area contributed by atoms with Gasteiger partial charge < -0.3 is 9.47 Å². The summed E-state index contributed by atoms with van der Waals surface area (Å²) in [4.78, 5) is 3.76. The lowest BCUT2D eigenvalue weighted by Crippen LogP contribution is -2.21. The standard InChI is InChI=1S/C7H10N2O2/c1-10-5-3-7(8)9-4-6(5)11-2/h3-4,6,8H,1-2H3. The summed E-state index contributed by atoms with van der Waals surface area (Å²) < 4.78 is 9.97. The first-order valence-corrected chi connectivity index (χ1v) is 3.19. The van der Waals surface area contributed by atoms with E-state index in [1.54, 1.807) is 20.4 Å². The zero-order chi connectivity index (χ0) is 8.27. The Morgan fingerprint density at radius 2 is 2.27 bits per heavy atom. The normalized spacial score (nSPS) is 23.3. The van der Waals surface area contributed by atoms with E-state index in [-0.39, 0.29) is 11.9 Å². The highest BCUT2D eigenvalue weighted by Crippen LogP contribution is 2.09. The molecule has 0 aromatic rings. The summed E-state index contributed by atoms with van der Waals surface area (Å²) in [6.07, 6.45) is 2.84. The Morgan fingerprint density at radius 3 is 2.82 bits per heavy atom. The van der Waals surface area contributed by atoms with Crippen LogP contribution in [0.1, 0.15) is 0 Å². The Morgan fingerprint density at radius 1 is 1.55 bits per heavy atom. The molecule has 0 aromatic carbocycles. The molecule has 11 heavy (non-hydrogen) atoms. The highest BCUT2D eigenvalue weighted by molar-refractivity contribution is 6.00. The Labute approximate surface area is 65.0 Å². The number of nitrogens with one attached hydrogen (secondary N) is 1. The van der Waals surface area contributed by atoms with Gasteiger partial charge in [-0.15, -0.1) is 0 Å². The Bertz CT molecular complexity index is 220. The molecule has 1 aliphatic heterocycles. The second-order valence-electron chi connectivity index (χ2n) is 2.07. The summed E-state index contributed by atoms with van der Waals surface area (Å²) in [5, 5.41) is 7.18. The smallest absolute Gasteiger partial charge is 0.149 e. The fourth-order valence-electron chi connectivity index (χ4n) is 0.828. The van der Waals surface area contributed by atoms with Crippen molar-refractivity contribution in [3.8, 4) is 0 Å². The van der Waals surface area contributed by atoms with Gasteiger partial charge in [-0.2, -0.15) is 0 Å². The van der Waals surface area contributed by atoms with Gasteiger partial charge in [0.25, 0.3) is 0 Å². The van der Waals surface area contributed by atoms with Crippen LogP contribution in [0, 0.1) is 5.41 Å². The minimum atomic E-state index is -0.242. The molecule has 0 spiro atoms. The summed E-state index contributed by atoms with van der Waals surface area (Å²) >= 11 is 0. The molecule has 1 rings (SSSR count). The van der Waals surface area contributed by atoms with Gasteiger partial charge in [-0.25, -0.2) is 4.99 Å². The van der Waals surface area contributed by atoms with Gasteiger partial charge in [0.2, 0.25) is 0 Å². The molecule has 1 unspecified atom stereocenters. The molecule has 4 heteroatoms. The van der Waals surface area contributed by atoms with Crippen LogP contribution in [-0.4, -0.2) is 32.4 Å². The summed E-state index contributed by atoms with van der Waals surface area (Å²) in [6, 6.07) is 0. The minimum absolute atomic E-state index is 0.190. The van der Waals surface area contributed by atoms with Crippen LogP contribution in [0.2, 0.25) is 0 Å². The molecule has 1 heterocycles. The van der Waals surface area contributed by atoms with Gasteiger partial charge in [0, 0.05) is 19.4 Å². The summed E-state index contributed by atoms with van der Waals surface area (Å²) in [7, 11) is 3.11. The first kappa shape index (κ1) is 7.94. The lowest BCUT2D eigenvalue weighted by Gasteiger charge is -2.15. The Kier molecular flexibility index (Phi) is 2.38. The van der Waals surface area contributed by atoms with Gasteiger partial charge in [-0.1, -0.05) is 0 Å². The van der Waals surface area contributed by atoms with Crippen LogP contribution in [0.15, 0.2) is 16.8 Å². The predicted molar refractivity (Wildman–Crippen MR) is 42.1 cm³/mol.